The summed E-state index contributed by atoms with van der Waals surface area (Å²) in [5.41, 5.74) is 1.99. The van der Waals surface area contributed by atoms with Gasteiger partial charge in [0, 0.05) is 11.5 Å². The number of hydrogen-bond donors (Lipinski definition) is 0. The fourth-order valence-corrected chi connectivity index (χ4v) is 4.48. The Morgan fingerprint density at radius 3 is 1.48 bits per heavy atom. The van der Waals surface area contributed by atoms with Crippen LogP contribution in [0.15, 0.2) is 60.7 Å². The molecule has 31 heavy (non-hydrogen) atoms. The number of benzene rings is 2. The summed E-state index contributed by atoms with van der Waals surface area (Å²) in [5, 5.41) is 0. The molecule has 0 radical (unpaired) electrons. The van der Waals surface area contributed by atoms with E-state index >= 15 is 0 Å². The minimum Gasteiger partial charge on any atom is -0.293 e. The van der Waals surface area contributed by atoms with Crippen LogP contribution in [0.1, 0.15) is 125 Å². The number of unbranched alkanes of at least 4 members (excludes halogenated alkanes) is 13. The first-order valence-electron chi connectivity index (χ1n) is 13.0. The van der Waals surface area contributed by atoms with E-state index in [1.165, 1.54) is 83.5 Å². The Bertz CT molecular complexity index is 676. The van der Waals surface area contributed by atoms with Crippen LogP contribution in [0.2, 0.25) is 0 Å². The third-order valence-electron chi connectivity index (χ3n) is 6.42. The first-order chi connectivity index (χ1) is 15.3. The molecule has 2 aromatic carbocycles. The van der Waals surface area contributed by atoms with E-state index in [1.807, 2.05) is 48.5 Å². The van der Waals surface area contributed by atoms with Crippen LogP contribution in [0.3, 0.4) is 0 Å². The van der Waals surface area contributed by atoms with E-state index < -0.39 is 0 Å². The molecule has 0 aromatic heterocycles. The number of Topliss-reactive ketones (excluding diaryl/α,β-unsaturated/α-hetero) is 1. The van der Waals surface area contributed by atoms with Crippen molar-refractivity contribution in [2.24, 2.45) is 0 Å². The average molecular weight is 421 g/mol. The predicted molar refractivity (Wildman–Crippen MR) is 135 cm³/mol. The van der Waals surface area contributed by atoms with Crippen LogP contribution >= 0.6 is 0 Å². The molecule has 2 aromatic rings. The monoisotopic (exact) mass is 420 g/mol. The van der Waals surface area contributed by atoms with E-state index in [0.29, 0.717) is 0 Å². The molecule has 0 saturated heterocycles. The molecule has 2 rings (SSSR count). The van der Waals surface area contributed by atoms with Gasteiger partial charge in [-0.1, -0.05) is 157 Å². The first kappa shape index (κ1) is 25.4. The van der Waals surface area contributed by atoms with Gasteiger partial charge in [0.05, 0.1) is 0 Å². The number of ketones is 1. The second kappa shape index (κ2) is 16.8. The van der Waals surface area contributed by atoms with E-state index in [1.54, 1.807) is 0 Å². The van der Waals surface area contributed by atoms with Gasteiger partial charge in [-0.2, -0.15) is 0 Å². The largest absolute Gasteiger partial charge is 0.293 e. The van der Waals surface area contributed by atoms with Crippen molar-refractivity contribution in [3.8, 4) is 0 Å². The van der Waals surface area contributed by atoms with E-state index in [9.17, 15) is 4.79 Å². The maximum atomic E-state index is 13.1. The molecular formula is C30H44O. The Morgan fingerprint density at radius 2 is 1.00 bits per heavy atom. The molecule has 0 heterocycles. The first-order valence-corrected chi connectivity index (χ1v) is 13.0. The maximum Gasteiger partial charge on any atom is 0.170 e. The van der Waals surface area contributed by atoms with Gasteiger partial charge in [0.1, 0.15) is 0 Å². The van der Waals surface area contributed by atoms with Gasteiger partial charge in [-0.15, -0.1) is 0 Å². The summed E-state index contributed by atoms with van der Waals surface area (Å²) in [6.45, 7) is 2.28. The van der Waals surface area contributed by atoms with Crippen molar-refractivity contribution in [2.75, 3.05) is 0 Å². The van der Waals surface area contributed by atoms with Crippen LogP contribution in [0.4, 0.5) is 0 Å². The van der Waals surface area contributed by atoms with Gasteiger partial charge in [0.25, 0.3) is 0 Å². The topological polar surface area (TPSA) is 17.1 Å². The van der Waals surface area contributed by atoms with Gasteiger partial charge in [-0.05, 0) is 12.0 Å². The molecule has 1 heteroatoms. The summed E-state index contributed by atoms with van der Waals surface area (Å²) < 4.78 is 0. The van der Waals surface area contributed by atoms with E-state index in [0.717, 1.165) is 24.0 Å². The number of rotatable bonds is 18. The molecule has 170 valence electrons. The van der Waals surface area contributed by atoms with Crippen molar-refractivity contribution in [3.05, 3.63) is 71.8 Å². The van der Waals surface area contributed by atoms with Crippen molar-refractivity contribution in [1.82, 2.24) is 0 Å². The zero-order valence-electron chi connectivity index (χ0n) is 19.9. The Labute approximate surface area is 191 Å². The molecule has 0 aliphatic heterocycles. The minimum atomic E-state index is -0.0130. The molecule has 0 N–H and O–H groups in total. The van der Waals surface area contributed by atoms with Crippen molar-refractivity contribution in [1.29, 1.82) is 0 Å². The van der Waals surface area contributed by atoms with Crippen molar-refractivity contribution in [2.45, 2.75) is 109 Å². The normalized spacial score (nSPS) is 12.0. The highest BCUT2D eigenvalue weighted by molar-refractivity contribution is 6.00. The minimum absolute atomic E-state index is 0.0130. The summed E-state index contributed by atoms with van der Waals surface area (Å²) in [7, 11) is 0. The Balaban J connectivity index is 1.59. The van der Waals surface area contributed by atoms with Gasteiger partial charge in [0.15, 0.2) is 5.78 Å². The predicted octanol–water partition coefficient (Wildman–Crippen LogP) is 9.52. The molecule has 0 aliphatic carbocycles. The average Bonchev–Trinajstić information content (AvgIpc) is 2.82. The van der Waals surface area contributed by atoms with Gasteiger partial charge >= 0.3 is 0 Å². The molecule has 1 unspecified atom stereocenters. The lowest BCUT2D eigenvalue weighted by Crippen LogP contribution is -2.13. The molecule has 0 fully saturated rings. The number of carbonyl (C=O) groups excluding carboxylic acids is 1. The summed E-state index contributed by atoms with van der Waals surface area (Å²) in [6, 6.07) is 20.1. The van der Waals surface area contributed by atoms with Crippen molar-refractivity contribution in [3.63, 3.8) is 0 Å². The number of carbonyl (C=O) groups is 1. The fourth-order valence-electron chi connectivity index (χ4n) is 4.48. The Hall–Kier alpha value is -1.89. The summed E-state index contributed by atoms with van der Waals surface area (Å²) in [5.74, 6) is 0.252. The molecule has 1 nitrogen and oxygen atoms in total. The SMILES string of the molecule is CCCCCCCCCCCCCCCCC(C(=O)c1ccccc1)c1ccccc1. The van der Waals surface area contributed by atoms with Crippen LogP contribution in [0.5, 0.6) is 0 Å². The zero-order valence-corrected chi connectivity index (χ0v) is 19.9. The Morgan fingerprint density at radius 1 is 0.581 bits per heavy atom. The third kappa shape index (κ3) is 10.8. The van der Waals surface area contributed by atoms with Gasteiger partial charge in [-0.25, -0.2) is 0 Å². The van der Waals surface area contributed by atoms with Gasteiger partial charge < -0.3 is 0 Å². The van der Waals surface area contributed by atoms with E-state index in [-0.39, 0.29) is 11.7 Å². The molecule has 0 saturated carbocycles. The molecule has 0 amide bonds. The van der Waals surface area contributed by atoms with Gasteiger partial charge in [0.2, 0.25) is 0 Å². The molecule has 1 atom stereocenters. The summed E-state index contributed by atoms with van der Waals surface area (Å²) in [4.78, 5) is 13.1. The highest BCUT2D eigenvalue weighted by Gasteiger charge is 2.21. The van der Waals surface area contributed by atoms with Crippen molar-refractivity contribution < 1.29 is 4.79 Å². The standard InChI is InChI=1S/C30H44O/c1-2-3-4-5-6-7-8-9-10-11-12-13-14-21-26-29(27-22-17-15-18-23-27)30(31)28-24-19-16-20-25-28/h15-20,22-25,29H,2-14,21,26H2,1H3. The highest BCUT2D eigenvalue weighted by Crippen LogP contribution is 2.27. The third-order valence-corrected chi connectivity index (χ3v) is 6.42. The quantitative estimate of drug-likeness (QED) is 0.173. The summed E-state index contributed by atoms with van der Waals surface area (Å²) in [6.07, 6.45) is 20.1. The van der Waals surface area contributed by atoms with E-state index in [2.05, 4.69) is 19.1 Å². The van der Waals surface area contributed by atoms with Crippen LogP contribution in [-0.2, 0) is 0 Å². The lowest BCUT2D eigenvalue weighted by molar-refractivity contribution is 0.0953. The maximum absolute atomic E-state index is 13.1. The zero-order chi connectivity index (χ0) is 22.0. The van der Waals surface area contributed by atoms with Crippen LogP contribution < -0.4 is 0 Å². The second-order valence-electron chi connectivity index (χ2n) is 9.08. The van der Waals surface area contributed by atoms with Crippen LogP contribution in [0.25, 0.3) is 0 Å². The fraction of sp³-hybridized carbons (Fsp3) is 0.567. The van der Waals surface area contributed by atoms with Crippen LogP contribution in [0, 0.1) is 0 Å². The smallest absolute Gasteiger partial charge is 0.170 e. The molecule has 0 spiro atoms. The van der Waals surface area contributed by atoms with Crippen molar-refractivity contribution >= 4 is 5.78 Å². The second-order valence-corrected chi connectivity index (χ2v) is 9.08. The molecule has 0 aliphatic rings. The highest BCUT2D eigenvalue weighted by atomic mass is 16.1. The molecular weight excluding hydrogens is 376 g/mol. The number of hydrogen-bond acceptors (Lipinski definition) is 1. The van der Waals surface area contributed by atoms with Crippen LogP contribution in [-0.4, -0.2) is 5.78 Å². The van der Waals surface area contributed by atoms with Gasteiger partial charge in [-0.3, -0.25) is 4.79 Å². The Kier molecular flexibility index (Phi) is 13.7. The molecule has 0 bridgehead atoms. The summed E-state index contributed by atoms with van der Waals surface area (Å²) >= 11 is 0. The van der Waals surface area contributed by atoms with E-state index in [4.69, 9.17) is 0 Å². The lowest BCUT2D eigenvalue weighted by atomic mass is 9.86. The lowest BCUT2D eigenvalue weighted by Gasteiger charge is -2.16.